The van der Waals surface area contributed by atoms with Gasteiger partial charge < -0.3 is 9.47 Å². The van der Waals surface area contributed by atoms with Crippen LogP contribution in [0.25, 0.3) is 0 Å². The summed E-state index contributed by atoms with van der Waals surface area (Å²) in [5.74, 6) is 1.03. The van der Waals surface area contributed by atoms with E-state index in [4.69, 9.17) is 9.47 Å². The maximum absolute atomic E-state index is 11.9. The van der Waals surface area contributed by atoms with Gasteiger partial charge in [-0.25, -0.2) is 5.43 Å². The van der Waals surface area contributed by atoms with Crippen LogP contribution < -0.4 is 14.9 Å². The molecule has 0 bridgehead atoms. The minimum atomic E-state index is -0.310. The predicted octanol–water partition coefficient (Wildman–Crippen LogP) is 3.23. The Morgan fingerprint density at radius 1 is 1.08 bits per heavy atom. The Balaban J connectivity index is 1.90. The molecule has 5 heteroatoms. The van der Waals surface area contributed by atoms with Gasteiger partial charge in [-0.15, -0.1) is 0 Å². The molecule has 0 aliphatic carbocycles. The first-order valence-electron chi connectivity index (χ1n) is 7.67. The van der Waals surface area contributed by atoms with Gasteiger partial charge in [-0.1, -0.05) is 17.7 Å². The highest BCUT2D eigenvalue weighted by Gasteiger charge is 2.05. The molecule has 0 unspecified atom stereocenters. The molecular formula is C19H22N2O3. The van der Waals surface area contributed by atoms with Crippen LogP contribution in [0.15, 0.2) is 47.6 Å². The minimum Gasteiger partial charge on any atom is -0.497 e. The molecular weight excluding hydrogens is 304 g/mol. The lowest BCUT2D eigenvalue weighted by Crippen LogP contribution is -2.25. The fraction of sp³-hybridized carbons (Fsp3) is 0.263. The summed E-state index contributed by atoms with van der Waals surface area (Å²) in [7, 11) is 1.60. The molecule has 0 saturated carbocycles. The standard InChI is InChI=1S/C19H22N2O3/c1-13-5-6-14(2)18(11-13)15(3)20-21-19(22)12-24-17-9-7-16(23-4)8-10-17/h5-11H,12H2,1-4H3,(H,21,22)/b20-15+. The third-order valence-corrected chi connectivity index (χ3v) is 3.56. The molecule has 0 aromatic heterocycles. The van der Waals surface area contributed by atoms with Crippen molar-refractivity contribution in [2.24, 2.45) is 5.10 Å². The zero-order valence-electron chi connectivity index (χ0n) is 14.4. The molecule has 0 atom stereocenters. The van der Waals surface area contributed by atoms with Crippen LogP contribution in [0, 0.1) is 13.8 Å². The van der Waals surface area contributed by atoms with Crippen molar-refractivity contribution in [1.29, 1.82) is 0 Å². The van der Waals surface area contributed by atoms with Crippen molar-refractivity contribution < 1.29 is 14.3 Å². The van der Waals surface area contributed by atoms with Gasteiger partial charge in [0.2, 0.25) is 0 Å². The summed E-state index contributed by atoms with van der Waals surface area (Å²) in [6.45, 7) is 5.81. The summed E-state index contributed by atoms with van der Waals surface area (Å²) in [5, 5.41) is 4.15. The molecule has 2 aromatic rings. The molecule has 0 radical (unpaired) electrons. The summed E-state index contributed by atoms with van der Waals surface area (Å²) in [5.41, 5.74) is 6.57. The van der Waals surface area contributed by atoms with Gasteiger partial charge in [0.25, 0.3) is 5.91 Å². The fourth-order valence-corrected chi connectivity index (χ4v) is 2.19. The van der Waals surface area contributed by atoms with Gasteiger partial charge in [-0.2, -0.15) is 5.10 Å². The van der Waals surface area contributed by atoms with Crippen molar-refractivity contribution in [3.05, 3.63) is 59.2 Å². The highest BCUT2D eigenvalue weighted by atomic mass is 16.5. The van der Waals surface area contributed by atoms with Crippen LogP contribution in [0.3, 0.4) is 0 Å². The van der Waals surface area contributed by atoms with E-state index in [1.54, 1.807) is 31.4 Å². The van der Waals surface area contributed by atoms with Crippen LogP contribution in [0.5, 0.6) is 11.5 Å². The van der Waals surface area contributed by atoms with Gasteiger partial charge in [0, 0.05) is 5.56 Å². The number of amides is 1. The molecule has 0 fully saturated rings. The second-order valence-corrected chi connectivity index (χ2v) is 5.51. The van der Waals surface area contributed by atoms with E-state index in [0.717, 1.165) is 28.2 Å². The monoisotopic (exact) mass is 326 g/mol. The van der Waals surface area contributed by atoms with Crippen molar-refractivity contribution in [1.82, 2.24) is 5.43 Å². The van der Waals surface area contributed by atoms with Crippen LogP contribution in [0.4, 0.5) is 0 Å². The number of hydrogen-bond donors (Lipinski definition) is 1. The number of ether oxygens (including phenoxy) is 2. The summed E-state index contributed by atoms with van der Waals surface area (Å²) in [6.07, 6.45) is 0. The second kappa shape index (κ2) is 8.15. The van der Waals surface area contributed by atoms with E-state index < -0.39 is 0 Å². The molecule has 0 spiro atoms. The summed E-state index contributed by atoms with van der Waals surface area (Å²) >= 11 is 0. The lowest BCUT2D eigenvalue weighted by Gasteiger charge is -2.08. The zero-order valence-corrected chi connectivity index (χ0v) is 14.4. The lowest BCUT2D eigenvalue weighted by molar-refractivity contribution is -0.123. The number of nitrogens with zero attached hydrogens (tertiary/aromatic N) is 1. The second-order valence-electron chi connectivity index (χ2n) is 5.51. The van der Waals surface area contributed by atoms with Crippen LogP contribution in [0.2, 0.25) is 0 Å². The number of carbonyl (C=O) groups excluding carboxylic acids is 1. The fourth-order valence-electron chi connectivity index (χ4n) is 2.19. The Labute approximate surface area is 142 Å². The van der Waals surface area contributed by atoms with E-state index in [9.17, 15) is 4.79 Å². The van der Waals surface area contributed by atoms with Crippen molar-refractivity contribution in [2.75, 3.05) is 13.7 Å². The molecule has 2 aromatic carbocycles. The number of hydrogen-bond acceptors (Lipinski definition) is 4. The highest BCUT2D eigenvalue weighted by molar-refractivity contribution is 6.00. The largest absolute Gasteiger partial charge is 0.497 e. The zero-order chi connectivity index (χ0) is 17.5. The maximum Gasteiger partial charge on any atom is 0.277 e. The summed E-state index contributed by atoms with van der Waals surface area (Å²) < 4.78 is 10.5. The Hall–Kier alpha value is -2.82. The van der Waals surface area contributed by atoms with Crippen LogP contribution in [0.1, 0.15) is 23.6 Å². The number of benzene rings is 2. The van der Waals surface area contributed by atoms with Crippen molar-refractivity contribution in [3.63, 3.8) is 0 Å². The predicted molar refractivity (Wildman–Crippen MR) is 94.8 cm³/mol. The Bertz CT molecular complexity index is 737. The van der Waals surface area contributed by atoms with E-state index in [1.165, 1.54) is 0 Å². The molecule has 0 aliphatic rings. The number of rotatable bonds is 6. The van der Waals surface area contributed by atoms with Gasteiger partial charge in [0.1, 0.15) is 11.5 Å². The van der Waals surface area contributed by atoms with Crippen molar-refractivity contribution in [2.45, 2.75) is 20.8 Å². The first-order chi connectivity index (χ1) is 11.5. The average molecular weight is 326 g/mol. The minimum absolute atomic E-state index is 0.101. The quantitative estimate of drug-likeness (QED) is 0.655. The van der Waals surface area contributed by atoms with Crippen molar-refractivity contribution >= 4 is 11.6 Å². The van der Waals surface area contributed by atoms with Crippen LogP contribution >= 0.6 is 0 Å². The normalized spacial score (nSPS) is 11.1. The number of methoxy groups -OCH3 is 1. The van der Waals surface area contributed by atoms with E-state index >= 15 is 0 Å². The first kappa shape index (κ1) is 17.5. The highest BCUT2D eigenvalue weighted by Crippen LogP contribution is 2.16. The van der Waals surface area contributed by atoms with Gasteiger partial charge in [-0.05, 0) is 56.7 Å². The third kappa shape index (κ3) is 4.84. The Morgan fingerprint density at radius 3 is 2.42 bits per heavy atom. The Kier molecular flexibility index (Phi) is 5.95. The van der Waals surface area contributed by atoms with Gasteiger partial charge in [-0.3, -0.25) is 4.79 Å². The van der Waals surface area contributed by atoms with Crippen molar-refractivity contribution in [3.8, 4) is 11.5 Å². The Morgan fingerprint density at radius 2 is 1.75 bits per heavy atom. The van der Waals surface area contributed by atoms with E-state index in [-0.39, 0.29) is 12.5 Å². The van der Waals surface area contributed by atoms with E-state index in [1.807, 2.05) is 39.0 Å². The third-order valence-electron chi connectivity index (χ3n) is 3.56. The number of hydrazone groups is 1. The molecule has 0 heterocycles. The van der Waals surface area contributed by atoms with Gasteiger partial charge in [0.05, 0.1) is 12.8 Å². The number of carbonyl (C=O) groups is 1. The lowest BCUT2D eigenvalue weighted by atomic mass is 10.0. The molecule has 2 rings (SSSR count). The smallest absolute Gasteiger partial charge is 0.277 e. The molecule has 126 valence electrons. The molecule has 0 saturated heterocycles. The average Bonchev–Trinajstić information content (AvgIpc) is 2.60. The van der Waals surface area contributed by atoms with Gasteiger partial charge >= 0.3 is 0 Å². The van der Waals surface area contributed by atoms with Crippen LogP contribution in [-0.4, -0.2) is 25.3 Å². The topological polar surface area (TPSA) is 59.9 Å². The number of nitrogens with one attached hydrogen (secondary N) is 1. The van der Waals surface area contributed by atoms with E-state index in [0.29, 0.717) is 5.75 Å². The van der Waals surface area contributed by atoms with E-state index in [2.05, 4.69) is 10.5 Å². The summed E-state index contributed by atoms with van der Waals surface area (Å²) in [6, 6.07) is 13.2. The first-order valence-corrected chi connectivity index (χ1v) is 7.67. The SMILES string of the molecule is COc1ccc(OCC(=O)N/N=C(\C)c2cc(C)ccc2C)cc1. The molecule has 5 nitrogen and oxygen atoms in total. The maximum atomic E-state index is 11.9. The molecule has 24 heavy (non-hydrogen) atoms. The summed E-state index contributed by atoms with van der Waals surface area (Å²) in [4.78, 5) is 11.9. The molecule has 1 amide bonds. The number of aryl methyl sites for hydroxylation is 2. The molecule has 0 aliphatic heterocycles. The van der Waals surface area contributed by atoms with Gasteiger partial charge in [0.15, 0.2) is 6.61 Å². The molecule has 1 N–H and O–H groups in total. The van der Waals surface area contributed by atoms with Crippen LogP contribution in [-0.2, 0) is 4.79 Å².